The lowest BCUT2D eigenvalue weighted by Gasteiger charge is -2.24. The standard InChI is InChI=1S/C22H30N2/c1-2-18-9-11-19(12-10-18)5-3-6-20-7-4-8-21(15-20)16-22-17-23-13-14-24-22/h4,7-12,15,22-24H,2-3,5-6,13-14,16-17H2,1H3. The number of hydrogen-bond acceptors (Lipinski definition) is 2. The van der Waals surface area contributed by atoms with Gasteiger partial charge in [-0.1, -0.05) is 55.5 Å². The van der Waals surface area contributed by atoms with Crippen LogP contribution in [0.15, 0.2) is 48.5 Å². The fraction of sp³-hybridized carbons (Fsp3) is 0.455. The molecule has 0 aliphatic carbocycles. The van der Waals surface area contributed by atoms with Crippen LogP contribution in [-0.2, 0) is 25.7 Å². The van der Waals surface area contributed by atoms with Crippen molar-refractivity contribution >= 4 is 0 Å². The quantitative estimate of drug-likeness (QED) is 0.815. The number of nitrogens with one attached hydrogen (secondary N) is 2. The predicted octanol–water partition coefficient (Wildman–Crippen LogP) is 3.53. The first-order valence-electron chi connectivity index (χ1n) is 9.43. The fourth-order valence-electron chi connectivity index (χ4n) is 3.49. The van der Waals surface area contributed by atoms with Gasteiger partial charge in [-0.05, 0) is 54.4 Å². The van der Waals surface area contributed by atoms with Crippen molar-refractivity contribution in [2.24, 2.45) is 0 Å². The van der Waals surface area contributed by atoms with E-state index in [1.54, 1.807) is 0 Å². The van der Waals surface area contributed by atoms with Crippen LogP contribution in [0.5, 0.6) is 0 Å². The van der Waals surface area contributed by atoms with E-state index in [-0.39, 0.29) is 0 Å². The van der Waals surface area contributed by atoms with Crippen LogP contribution >= 0.6 is 0 Å². The first kappa shape index (κ1) is 17.2. The van der Waals surface area contributed by atoms with Crippen molar-refractivity contribution in [3.8, 4) is 0 Å². The second-order valence-electron chi connectivity index (χ2n) is 6.90. The lowest BCUT2D eigenvalue weighted by molar-refractivity contribution is 0.416. The van der Waals surface area contributed by atoms with Crippen LogP contribution in [0.2, 0.25) is 0 Å². The van der Waals surface area contributed by atoms with E-state index in [2.05, 4.69) is 66.1 Å². The van der Waals surface area contributed by atoms with Crippen LogP contribution in [0.3, 0.4) is 0 Å². The van der Waals surface area contributed by atoms with Crippen LogP contribution in [0.1, 0.15) is 35.6 Å². The van der Waals surface area contributed by atoms with E-state index in [9.17, 15) is 0 Å². The predicted molar refractivity (Wildman–Crippen MR) is 103 cm³/mol. The number of hydrogen-bond donors (Lipinski definition) is 2. The molecule has 24 heavy (non-hydrogen) atoms. The van der Waals surface area contributed by atoms with E-state index < -0.39 is 0 Å². The molecule has 0 saturated carbocycles. The van der Waals surface area contributed by atoms with Crippen LogP contribution in [0.4, 0.5) is 0 Å². The zero-order valence-corrected chi connectivity index (χ0v) is 14.9. The van der Waals surface area contributed by atoms with Gasteiger partial charge in [0.1, 0.15) is 0 Å². The number of piperazine rings is 1. The molecule has 2 aromatic rings. The summed E-state index contributed by atoms with van der Waals surface area (Å²) in [6.45, 7) is 5.47. The van der Waals surface area contributed by atoms with Crippen molar-refractivity contribution in [2.45, 2.75) is 45.1 Å². The molecule has 1 atom stereocenters. The Bertz CT molecular complexity index is 612. The maximum Gasteiger partial charge on any atom is 0.0233 e. The van der Waals surface area contributed by atoms with E-state index in [0.717, 1.165) is 32.5 Å². The van der Waals surface area contributed by atoms with Gasteiger partial charge in [0.2, 0.25) is 0 Å². The number of benzene rings is 2. The maximum atomic E-state index is 3.60. The topological polar surface area (TPSA) is 24.1 Å². The van der Waals surface area contributed by atoms with Crippen molar-refractivity contribution in [1.29, 1.82) is 0 Å². The minimum atomic E-state index is 0.575. The lowest BCUT2D eigenvalue weighted by Crippen LogP contribution is -2.49. The SMILES string of the molecule is CCc1ccc(CCCc2cccc(CC3CNCCN3)c2)cc1. The van der Waals surface area contributed by atoms with E-state index in [4.69, 9.17) is 0 Å². The van der Waals surface area contributed by atoms with Crippen molar-refractivity contribution in [1.82, 2.24) is 10.6 Å². The summed E-state index contributed by atoms with van der Waals surface area (Å²) in [5.41, 5.74) is 5.82. The zero-order valence-electron chi connectivity index (χ0n) is 14.9. The second kappa shape index (κ2) is 9.00. The highest BCUT2D eigenvalue weighted by Crippen LogP contribution is 2.13. The van der Waals surface area contributed by atoms with Crippen molar-refractivity contribution in [3.05, 3.63) is 70.8 Å². The van der Waals surface area contributed by atoms with Crippen LogP contribution in [0.25, 0.3) is 0 Å². The van der Waals surface area contributed by atoms with Gasteiger partial charge in [-0.15, -0.1) is 0 Å². The van der Waals surface area contributed by atoms with Gasteiger partial charge in [-0.3, -0.25) is 0 Å². The normalized spacial score (nSPS) is 17.8. The average molecular weight is 322 g/mol. The molecular formula is C22H30N2. The van der Waals surface area contributed by atoms with Gasteiger partial charge in [0.25, 0.3) is 0 Å². The Morgan fingerprint density at radius 1 is 0.875 bits per heavy atom. The van der Waals surface area contributed by atoms with E-state index in [1.165, 1.54) is 41.5 Å². The summed E-state index contributed by atoms with van der Waals surface area (Å²) >= 11 is 0. The summed E-state index contributed by atoms with van der Waals surface area (Å²) in [5.74, 6) is 0. The van der Waals surface area contributed by atoms with Crippen LogP contribution in [-0.4, -0.2) is 25.7 Å². The molecule has 2 nitrogen and oxygen atoms in total. The Balaban J connectivity index is 1.48. The highest BCUT2D eigenvalue weighted by molar-refractivity contribution is 5.26. The Hall–Kier alpha value is -1.64. The molecule has 0 amide bonds. The zero-order chi connectivity index (χ0) is 16.6. The molecule has 128 valence electrons. The summed E-state index contributed by atoms with van der Waals surface area (Å²) < 4.78 is 0. The Morgan fingerprint density at radius 3 is 2.38 bits per heavy atom. The summed E-state index contributed by atoms with van der Waals surface area (Å²) in [5, 5.41) is 7.07. The summed E-state index contributed by atoms with van der Waals surface area (Å²) in [7, 11) is 0. The second-order valence-corrected chi connectivity index (χ2v) is 6.90. The molecule has 2 N–H and O–H groups in total. The van der Waals surface area contributed by atoms with Crippen molar-refractivity contribution < 1.29 is 0 Å². The Morgan fingerprint density at radius 2 is 1.62 bits per heavy atom. The maximum absolute atomic E-state index is 3.60. The fourth-order valence-corrected chi connectivity index (χ4v) is 3.49. The molecule has 1 aliphatic rings. The van der Waals surface area contributed by atoms with Gasteiger partial charge in [0, 0.05) is 25.7 Å². The monoisotopic (exact) mass is 322 g/mol. The van der Waals surface area contributed by atoms with Gasteiger partial charge in [-0.2, -0.15) is 0 Å². The third-order valence-electron chi connectivity index (χ3n) is 4.96. The largest absolute Gasteiger partial charge is 0.314 e. The molecule has 2 aromatic carbocycles. The van der Waals surface area contributed by atoms with Gasteiger partial charge in [0.05, 0.1) is 0 Å². The molecule has 3 rings (SSSR count). The van der Waals surface area contributed by atoms with Crippen molar-refractivity contribution in [3.63, 3.8) is 0 Å². The van der Waals surface area contributed by atoms with E-state index in [0.29, 0.717) is 6.04 Å². The van der Waals surface area contributed by atoms with Crippen LogP contribution < -0.4 is 10.6 Å². The summed E-state index contributed by atoms with van der Waals surface area (Å²) in [4.78, 5) is 0. The van der Waals surface area contributed by atoms with Gasteiger partial charge in [0.15, 0.2) is 0 Å². The third kappa shape index (κ3) is 5.19. The molecule has 1 fully saturated rings. The van der Waals surface area contributed by atoms with E-state index >= 15 is 0 Å². The highest BCUT2D eigenvalue weighted by Gasteiger charge is 2.12. The molecule has 0 bridgehead atoms. The minimum Gasteiger partial charge on any atom is -0.314 e. The highest BCUT2D eigenvalue weighted by atomic mass is 15.0. The molecule has 1 unspecified atom stereocenters. The van der Waals surface area contributed by atoms with Crippen molar-refractivity contribution in [2.75, 3.05) is 19.6 Å². The lowest BCUT2D eigenvalue weighted by atomic mass is 9.98. The molecular weight excluding hydrogens is 292 g/mol. The molecule has 0 radical (unpaired) electrons. The average Bonchev–Trinajstić information content (AvgIpc) is 2.63. The first-order valence-corrected chi connectivity index (χ1v) is 9.43. The Kier molecular flexibility index (Phi) is 6.45. The number of aryl methyl sites for hydroxylation is 3. The van der Waals surface area contributed by atoms with Gasteiger partial charge >= 0.3 is 0 Å². The third-order valence-corrected chi connectivity index (χ3v) is 4.96. The van der Waals surface area contributed by atoms with Gasteiger partial charge < -0.3 is 10.6 Å². The number of rotatable bonds is 7. The molecule has 2 heteroatoms. The van der Waals surface area contributed by atoms with Crippen LogP contribution in [0, 0.1) is 0 Å². The van der Waals surface area contributed by atoms with E-state index in [1.807, 2.05) is 0 Å². The molecule has 1 saturated heterocycles. The first-order chi connectivity index (χ1) is 11.8. The summed E-state index contributed by atoms with van der Waals surface area (Å²) in [6.07, 6.45) is 5.80. The molecule has 1 heterocycles. The Labute approximate surface area is 146 Å². The molecule has 1 aliphatic heterocycles. The van der Waals surface area contributed by atoms with Gasteiger partial charge in [-0.25, -0.2) is 0 Å². The minimum absolute atomic E-state index is 0.575. The smallest absolute Gasteiger partial charge is 0.0233 e. The summed E-state index contributed by atoms with van der Waals surface area (Å²) in [6, 6.07) is 18.8. The molecule has 0 spiro atoms. The molecule has 0 aromatic heterocycles.